The average Bonchev–Trinajstić information content (AvgIpc) is 2.29. The van der Waals surface area contributed by atoms with E-state index in [1.165, 1.54) is 5.56 Å². The Kier molecular flexibility index (Phi) is 3.02. The van der Waals surface area contributed by atoms with Gasteiger partial charge in [0.25, 0.3) is 0 Å². The monoisotopic (exact) mass is 221 g/mol. The highest BCUT2D eigenvalue weighted by atomic mass is 19.1. The minimum atomic E-state index is -0.0463. The van der Waals surface area contributed by atoms with E-state index in [2.05, 4.69) is 13.8 Å². The normalized spacial score (nSPS) is 20.6. The highest BCUT2D eigenvalue weighted by molar-refractivity contribution is 5.31. The Balaban J connectivity index is 2.27. The zero-order chi connectivity index (χ0) is 11.8. The van der Waals surface area contributed by atoms with Gasteiger partial charge in [0.05, 0.1) is 0 Å². The second kappa shape index (κ2) is 4.17. The lowest BCUT2D eigenvalue weighted by atomic mass is 9.69. The molecule has 1 aliphatic carbocycles. The lowest BCUT2D eigenvalue weighted by Crippen LogP contribution is -2.36. The maximum Gasteiger partial charge on any atom is 0.126 e. The molecule has 2 rings (SSSR count). The maximum absolute atomic E-state index is 13.7. The predicted octanol–water partition coefficient (Wildman–Crippen LogP) is 2.92. The summed E-state index contributed by atoms with van der Waals surface area (Å²) in [4.78, 5) is 0. The van der Waals surface area contributed by atoms with Crippen LogP contribution >= 0.6 is 0 Å². The van der Waals surface area contributed by atoms with E-state index >= 15 is 0 Å². The van der Waals surface area contributed by atoms with E-state index in [-0.39, 0.29) is 11.2 Å². The fourth-order valence-corrected chi connectivity index (χ4v) is 2.58. The summed E-state index contributed by atoms with van der Waals surface area (Å²) < 4.78 is 13.7. The molecule has 1 unspecified atom stereocenters. The third-order valence-corrected chi connectivity index (χ3v) is 4.06. The van der Waals surface area contributed by atoms with Crippen molar-refractivity contribution < 1.29 is 4.39 Å². The summed E-state index contributed by atoms with van der Waals surface area (Å²) in [6.45, 7) is 5.04. The zero-order valence-electron chi connectivity index (χ0n) is 10.1. The van der Waals surface area contributed by atoms with Gasteiger partial charge in [0, 0.05) is 0 Å². The molecule has 88 valence electrons. The molecule has 1 aromatic carbocycles. The van der Waals surface area contributed by atoms with Crippen LogP contribution in [0, 0.1) is 17.2 Å². The first-order valence-corrected chi connectivity index (χ1v) is 6.01. The Morgan fingerprint density at radius 2 is 2.19 bits per heavy atom. The van der Waals surface area contributed by atoms with Crippen molar-refractivity contribution in [1.29, 1.82) is 0 Å². The van der Waals surface area contributed by atoms with Crippen molar-refractivity contribution in [3.8, 4) is 0 Å². The first-order chi connectivity index (χ1) is 7.54. The predicted molar refractivity (Wildman–Crippen MR) is 64.8 cm³/mol. The van der Waals surface area contributed by atoms with Gasteiger partial charge in [0.2, 0.25) is 0 Å². The van der Waals surface area contributed by atoms with Crippen LogP contribution in [-0.4, -0.2) is 6.54 Å². The molecule has 0 saturated carbocycles. The molecule has 0 amide bonds. The third kappa shape index (κ3) is 1.99. The molecule has 1 nitrogen and oxygen atoms in total. The Hall–Kier alpha value is -0.890. The second-order valence-electron chi connectivity index (χ2n) is 5.51. The molecule has 0 radical (unpaired) electrons. The van der Waals surface area contributed by atoms with E-state index in [9.17, 15) is 4.39 Å². The average molecular weight is 221 g/mol. The van der Waals surface area contributed by atoms with Gasteiger partial charge < -0.3 is 5.73 Å². The minimum Gasteiger partial charge on any atom is -0.330 e. The first kappa shape index (κ1) is 11.6. The molecule has 0 spiro atoms. The van der Waals surface area contributed by atoms with Gasteiger partial charge in [-0.05, 0) is 54.3 Å². The van der Waals surface area contributed by atoms with Crippen LogP contribution in [0.15, 0.2) is 18.2 Å². The summed E-state index contributed by atoms with van der Waals surface area (Å²) in [5.41, 5.74) is 8.01. The molecule has 1 aliphatic rings. The number of rotatable bonds is 2. The lowest BCUT2D eigenvalue weighted by molar-refractivity contribution is 0.198. The largest absolute Gasteiger partial charge is 0.330 e. The van der Waals surface area contributed by atoms with Crippen LogP contribution in [0.5, 0.6) is 0 Å². The van der Waals surface area contributed by atoms with E-state index in [0.29, 0.717) is 12.5 Å². The van der Waals surface area contributed by atoms with Gasteiger partial charge in [-0.3, -0.25) is 0 Å². The first-order valence-electron chi connectivity index (χ1n) is 6.01. The Morgan fingerprint density at radius 3 is 2.88 bits per heavy atom. The van der Waals surface area contributed by atoms with Crippen LogP contribution in [0.1, 0.15) is 31.4 Å². The molecule has 0 aromatic heterocycles. The fourth-order valence-electron chi connectivity index (χ4n) is 2.58. The van der Waals surface area contributed by atoms with Gasteiger partial charge in [-0.25, -0.2) is 4.39 Å². The molecule has 2 N–H and O–H groups in total. The fraction of sp³-hybridized carbons (Fsp3) is 0.571. The highest BCUT2D eigenvalue weighted by Crippen LogP contribution is 2.37. The summed E-state index contributed by atoms with van der Waals surface area (Å²) in [7, 11) is 0. The smallest absolute Gasteiger partial charge is 0.126 e. The number of aryl methyl sites for hydroxylation is 1. The van der Waals surface area contributed by atoms with Gasteiger partial charge in [0.15, 0.2) is 0 Å². The van der Waals surface area contributed by atoms with Crippen molar-refractivity contribution in [2.75, 3.05) is 6.54 Å². The van der Waals surface area contributed by atoms with Crippen molar-refractivity contribution in [1.82, 2.24) is 0 Å². The van der Waals surface area contributed by atoms with E-state index in [0.717, 1.165) is 24.8 Å². The lowest BCUT2D eigenvalue weighted by Gasteiger charge is -2.37. The van der Waals surface area contributed by atoms with Crippen molar-refractivity contribution in [3.63, 3.8) is 0 Å². The van der Waals surface area contributed by atoms with Crippen LogP contribution in [0.4, 0.5) is 4.39 Å². The van der Waals surface area contributed by atoms with Gasteiger partial charge in [-0.15, -0.1) is 0 Å². The maximum atomic E-state index is 13.7. The molecule has 0 fully saturated rings. The highest BCUT2D eigenvalue weighted by Gasteiger charge is 2.32. The van der Waals surface area contributed by atoms with Crippen molar-refractivity contribution >= 4 is 0 Å². The van der Waals surface area contributed by atoms with Crippen molar-refractivity contribution in [2.24, 2.45) is 17.1 Å². The molecule has 1 aromatic rings. The number of benzene rings is 1. The quantitative estimate of drug-likeness (QED) is 0.816. The molecule has 1 atom stereocenters. The molecule has 2 heteroatoms. The number of halogens is 1. The van der Waals surface area contributed by atoms with E-state index in [1.54, 1.807) is 6.07 Å². The molecule has 0 saturated heterocycles. The van der Waals surface area contributed by atoms with Crippen molar-refractivity contribution in [3.05, 3.63) is 35.1 Å². The third-order valence-electron chi connectivity index (χ3n) is 4.06. The van der Waals surface area contributed by atoms with Crippen LogP contribution in [0.25, 0.3) is 0 Å². The molecule has 0 aliphatic heterocycles. The zero-order valence-corrected chi connectivity index (χ0v) is 10.1. The number of hydrogen-bond acceptors (Lipinski definition) is 1. The van der Waals surface area contributed by atoms with Crippen LogP contribution in [0.3, 0.4) is 0 Å². The molecule has 0 bridgehead atoms. The van der Waals surface area contributed by atoms with Gasteiger partial charge >= 0.3 is 0 Å². The SMILES string of the molecule is CC(C)(CN)C1CCc2cccc(F)c2C1. The molecular weight excluding hydrogens is 201 g/mol. The van der Waals surface area contributed by atoms with Crippen LogP contribution in [0.2, 0.25) is 0 Å². The standard InChI is InChI=1S/C14H20FN/c1-14(2,9-16)11-7-6-10-4-3-5-13(15)12(10)8-11/h3-5,11H,6-9,16H2,1-2H3. The van der Waals surface area contributed by atoms with Gasteiger partial charge in [-0.1, -0.05) is 26.0 Å². The topological polar surface area (TPSA) is 26.0 Å². The van der Waals surface area contributed by atoms with E-state index < -0.39 is 0 Å². The summed E-state index contributed by atoms with van der Waals surface area (Å²) in [6.07, 6.45) is 2.95. The van der Waals surface area contributed by atoms with E-state index in [4.69, 9.17) is 5.73 Å². The van der Waals surface area contributed by atoms with E-state index in [1.807, 2.05) is 12.1 Å². The Morgan fingerprint density at radius 1 is 1.44 bits per heavy atom. The van der Waals surface area contributed by atoms with Gasteiger partial charge in [0.1, 0.15) is 5.82 Å². The summed E-state index contributed by atoms with van der Waals surface area (Å²) in [6, 6.07) is 5.42. The van der Waals surface area contributed by atoms with Gasteiger partial charge in [-0.2, -0.15) is 0 Å². The number of fused-ring (bicyclic) bond motifs is 1. The summed E-state index contributed by atoms with van der Waals surface area (Å²) >= 11 is 0. The Labute approximate surface area is 96.9 Å². The number of hydrogen-bond donors (Lipinski definition) is 1. The minimum absolute atomic E-state index is 0.0463. The molecule has 16 heavy (non-hydrogen) atoms. The summed E-state index contributed by atoms with van der Waals surface area (Å²) in [5, 5.41) is 0. The van der Waals surface area contributed by atoms with Crippen molar-refractivity contribution in [2.45, 2.75) is 33.1 Å². The number of nitrogens with two attached hydrogens (primary N) is 1. The van der Waals surface area contributed by atoms with Crippen LogP contribution < -0.4 is 5.73 Å². The Bertz CT molecular complexity index is 384. The van der Waals surface area contributed by atoms with Crippen LogP contribution in [-0.2, 0) is 12.8 Å². The molecular formula is C14H20FN. The summed E-state index contributed by atoms with van der Waals surface area (Å²) in [5.74, 6) is 0.455. The molecule has 0 heterocycles. The second-order valence-corrected chi connectivity index (χ2v) is 5.51.